The van der Waals surface area contributed by atoms with Gasteiger partial charge in [-0.2, -0.15) is 23.1 Å². The average molecular weight is 595 g/mol. The SMILES string of the molecule is Cc1cc(N)c(F)c(C2Cc3nc(OCC45CCCN4CC(F)C5)nc(N4CC5CCC4CN5)c3CO2)c1C(F)(F)F. The van der Waals surface area contributed by atoms with Gasteiger partial charge in [-0.05, 0) is 50.8 Å². The Bertz CT molecular complexity index is 1380. The molecule has 7 heterocycles. The highest BCUT2D eigenvalue weighted by Crippen LogP contribution is 2.45. The Hall–Kier alpha value is -2.77. The topological polar surface area (TPSA) is 88.8 Å². The summed E-state index contributed by atoms with van der Waals surface area (Å²) in [7, 11) is 0. The number of anilines is 2. The van der Waals surface area contributed by atoms with Crippen molar-refractivity contribution in [3.8, 4) is 6.01 Å². The van der Waals surface area contributed by atoms with Gasteiger partial charge in [-0.25, -0.2) is 8.78 Å². The van der Waals surface area contributed by atoms with E-state index in [-0.39, 0.29) is 42.9 Å². The predicted molar refractivity (Wildman–Crippen MR) is 145 cm³/mol. The fourth-order valence-corrected chi connectivity index (χ4v) is 7.86. The van der Waals surface area contributed by atoms with Gasteiger partial charge < -0.3 is 25.4 Å². The standard InChI is InChI=1S/C29H35F5N6O2/c1-15-7-20(35)25(31)23(24(15)29(32,33)34)22-8-21-19(13-41-22)26(40-12-17-3-4-18(40)10-36-17)38-27(37-21)42-14-28-5-2-6-39(28)11-16(30)9-28/h7,16-18,22,36H,2-6,8-14,35H2,1H3. The molecule has 6 aliphatic heterocycles. The van der Waals surface area contributed by atoms with E-state index in [0.29, 0.717) is 36.1 Å². The van der Waals surface area contributed by atoms with Crippen LogP contribution in [0.25, 0.3) is 0 Å². The highest BCUT2D eigenvalue weighted by atomic mass is 19.4. The van der Waals surface area contributed by atoms with Crippen LogP contribution in [0.5, 0.6) is 6.01 Å². The number of nitrogens with one attached hydrogen (secondary N) is 1. The summed E-state index contributed by atoms with van der Waals surface area (Å²) in [5, 5.41) is 3.52. The number of hydrogen-bond acceptors (Lipinski definition) is 8. The quantitative estimate of drug-likeness (QED) is 0.393. The smallest absolute Gasteiger partial charge is 0.417 e. The van der Waals surface area contributed by atoms with Crippen molar-refractivity contribution in [2.24, 2.45) is 0 Å². The molecule has 8 nitrogen and oxygen atoms in total. The third-order valence-corrected chi connectivity index (χ3v) is 9.84. The summed E-state index contributed by atoms with van der Waals surface area (Å²) in [6, 6.07) is 1.59. The zero-order valence-corrected chi connectivity index (χ0v) is 23.4. The van der Waals surface area contributed by atoms with E-state index in [2.05, 4.69) is 20.1 Å². The maximum absolute atomic E-state index is 15.3. The van der Waals surface area contributed by atoms with Crippen LogP contribution < -0.4 is 20.7 Å². The Labute approximate surface area is 240 Å². The van der Waals surface area contributed by atoms with Gasteiger partial charge in [-0.1, -0.05) is 0 Å². The van der Waals surface area contributed by atoms with Crippen LogP contribution in [0.4, 0.5) is 33.5 Å². The normalized spacial score (nSPS) is 31.0. The van der Waals surface area contributed by atoms with Gasteiger partial charge in [-0.15, -0.1) is 0 Å². The maximum atomic E-state index is 15.3. The lowest BCUT2D eigenvalue weighted by atomic mass is 9.90. The number of alkyl halides is 4. The second-order valence-electron chi connectivity index (χ2n) is 12.5. The summed E-state index contributed by atoms with van der Waals surface area (Å²) < 4.78 is 84.4. The van der Waals surface area contributed by atoms with Crippen molar-refractivity contribution in [1.29, 1.82) is 0 Å². The Morgan fingerprint density at radius 1 is 1.24 bits per heavy atom. The molecule has 5 atom stereocenters. The maximum Gasteiger partial charge on any atom is 0.417 e. The molecule has 5 fully saturated rings. The molecule has 0 spiro atoms. The molecule has 228 valence electrons. The van der Waals surface area contributed by atoms with Crippen LogP contribution in [-0.2, 0) is 23.9 Å². The van der Waals surface area contributed by atoms with Crippen molar-refractivity contribution >= 4 is 11.5 Å². The number of ether oxygens (including phenoxy) is 2. The molecule has 0 radical (unpaired) electrons. The van der Waals surface area contributed by atoms with Crippen LogP contribution in [0.15, 0.2) is 6.07 Å². The first-order valence-electron chi connectivity index (χ1n) is 14.7. The number of nitrogens with zero attached hydrogens (tertiary/aromatic N) is 4. The number of piperazine rings is 1. The second-order valence-corrected chi connectivity index (χ2v) is 12.5. The summed E-state index contributed by atoms with van der Waals surface area (Å²) in [4.78, 5) is 13.8. The van der Waals surface area contributed by atoms with E-state index in [9.17, 15) is 17.6 Å². The van der Waals surface area contributed by atoms with Gasteiger partial charge in [0.2, 0.25) is 0 Å². The number of rotatable bonds is 5. The minimum Gasteiger partial charge on any atom is -0.461 e. The lowest BCUT2D eigenvalue weighted by molar-refractivity contribution is -0.140. The van der Waals surface area contributed by atoms with Crippen molar-refractivity contribution in [1.82, 2.24) is 20.2 Å². The third-order valence-electron chi connectivity index (χ3n) is 9.84. The largest absolute Gasteiger partial charge is 0.461 e. The Morgan fingerprint density at radius 3 is 2.79 bits per heavy atom. The molecule has 42 heavy (non-hydrogen) atoms. The van der Waals surface area contributed by atoms with Gasteiger partial charge in [0.25, 0.3) is 0 Å². The fraction of sp³-hybridized carbons (Fsp3) is 0.655. The molecule has 5 unspecified atom stereocenters. The summed E-state index contributed by atoms with van der Waals surface area (Å²) in [6.45, 7) is 4.12. The van der Waals surface area contributed by atoms with Crippen LogP contribution in [-0.4, -0.2) is 71.4 Å². The summed E-state index contributed by atoms with van der Waals surface area (Å²) in [5.74, 6) is -0.491. The van der Waals surface area contributed by atoms with Crippen molar-refractivity contribution in [2.45, 2.75) is 88.1 Å². The summed E-state index contributed by atoms with van der Waals surface area (Å²) in [5.41, 5.74) is 4.29. The highest BCUT2D eigenvalue weighted by Gasteiger charge is 2.50. The number of piperidine rings is 2. The van der Waals surface area contributed by atoms with Crippen molar-refractivity contribution < 1.29 is 31.4 Å². The summed E-state index contributed by atoms with van der Waals surface area (Å²) in [6.07, 6.45) is -2.88. The molecule has 0 aliphatic carbocycles. The summed E-state index contributed by atoms with van der Waals surface area (Å²) >= 11 is 0. The van der Waals surface area contributed by atoms with Crippen molar-refractivity contribution in [2.75, 3.05) is 43.4 Å². The lowest BCUT2D eigenvalue weighted by Gasteiger charge is -2.47. The van der Waals surface area contributed by atoms with Gasteiger partial charge in [0, 0.05) is 55.7 Å². The van der Waals surface area contributed by atoms with Gasteiger partial charge in [0.1, 0.15) is 18.6 Å². The van der Waals surface area contributed by atoms with Gasteiger partial charge in [0.15, 0.2) is 5.82 Å². The van der Waals surface area contributed by atoms with Crippen molar-refractivity contribution in [3.63, 3.8) is 0 Å². The number of nitrogens with two attached hydrogens (primary N) is 1. The van der Waals surface area contributed by atoms with Crippen LogP contribution in [0.1, 0.15) is 66.2 Å². The first-order valence-corrected chi connectivity index (χ1v) is 14.7. The lowest BCUT2D eigenvalue weighted by Crippen LogP contribution is -2.61. The number of aromatic nitrogens is 2. The Morgan fingerprint density at radius 2 is 2.07 bits per heavy atom. The van der Waals surface area contributed by atoms with Crippen LogP contribution in [0.3, 0.4) is 0 Å². The third kappa shape index (κ3) is 4.68. The molecule has 5 saturated heterocycles. The first kappa shape index (κ1) is 28.0. The molecule has 13 heteroatoms. The average Bonchev–Trinajstić information content (AvgIpc) is 3.48. The van der Waals surface area contributed by atoms with Gasteiger partial charge in [0.05, 0.1) is 35.2 Å². The highest BCUT2D eigenvalue weighted by molar-refractivity contribution is 5.56. The number of fused-ring (bicyclic) bond motifs is 5. The van der Waals surface area contributed by atoms with Crippen molar-refractivity contribution in [3.05, 3.63) is 39.8 Å². The Kier molecular flexibility index (Phi) is 6.78. The van der Waals surface area contributed by atoms with E-state index >= 15 is 4.39 Å². The van der Waals surface area contributed by atoms with E-state index in [0.717, 1.165) is 51.4 Å². The van der Waals surface area contributed by atoms with E-state index in [1.165, 1.54) is 6.92 Å². The molecule has 0 saturated carbocycles. The molecule has 2 aromatic rings. The Balaban J connectivity index is 1.26. The molecule has 3 N–H and O–H groups in total. The number of nitrogen functional groups attached to an aromatic ring is 1. The zero-order chi connectivity index (χ0) is 29.4. The molecule has 0 amide bonds. The minimum absolute atomic E-state index is 0.0806. The van der Waals surface area contributed by atoms with Gasteiger partial charge in [-0.3, -0.25) is 4.90 Å². The monoisotopic (exact) mass is 594 g/mol. The number of halogens is 5. The fourth-order valence-electron chi connectivity index (χ4n) is 7.86. The molecule has 1 aromatic carbocycles. The van der Waals surface area contributed by atoms with Crippen LogP contribution >= 0.6 is 0 Å². The second kappa shape index (κ2) is 10.2. The zero-order valence-electron chi connectivity index (χ0n) is 23.4. The molecule has 2 bridgehead atoms. The molecular weight excluding hydrogens is 559 g/mol. The van der Waals surface area contributed by atoms with Crippen LogP contribution in [0, 0.1) is 12.7 Å². The van der Waals surface area contributed by atoms with Crippen LogP contribution in [0.2, 0.25) is 0 Å². The van der Waals surface area contributed by atoms with Gasteiger partial charge >= 0.3 is 12.2 Å². The first-order chi connectivity index (χ1) is 20.0. The number of aryl methyl sites for hydroxylation is 1. The molecule has 8 rings (SSSR count). The molecule has 6 aliphatic rings. The number of hydrogen-bond donors (Lipinski definition) is 2. The van der Waals surface area contributed by atoms with E-state index < -0.39 is 40.9 Å². The molecule has 1 aromatic heterocycles. The number of benzene rings is 1. The molecular formula is C29H35F5N6O2. The van der Waals surface area contributed by atoms with E-state index in [1.54, 1.807) is 0 Å². The minimum atomic E-state index is -4.80. The van der Waals surface area contributed by atoms with E-state index in [4.69, 9.17) is 20.2 Å². The van der Waals surface area contributed by atoms with E-state index in [1.807, 2.05) is 0 Å². The predicted octanol–water partition coefficient (Wildman–Crippen LogP) is 4.23.